The van der Waals surface area contributed by atoms with Crippen molar-refractivity contribution >= 4 is 43.1 Å². The van der Waals surface area contributed by atoms with Gasteiger partial charge in [0.2, 0.25) is 10.0 Å². The van der Waals surface area contributed by atoms with Gasteiger partial charge in [0.25, 0.3) is 0 Å². The minimum atomic E-state index is -3.50. The molecule has 0 aliphatic carbocycles. The third-order valence-corrected chi connectivity index (χ3v) is 3.81. The van der Waals surface area contributed by atoms with E-state index in [1.807, 2.05) is 0 Å². The van der Waals surface area contributed by atoms with Crippen molar-refractivity contribution in [3.63, 3.8) is 0 Å². The monoisotopic (exact) mass is 271 g/mol. The normalized spacial score (nSPS) is 11.6. The van der Waals surface area contributed by atoms with Crippen molar-refractivity contribution in [3.05, 3.63) is 29.1 Å². The van der Waals surface area contributed by atoms with Crippen LogP contribution in [0.15, 0.2) is 24.3 Å². The van der Waals surface area contributed by atoms with Gasteiger partial charge in [-0.1, -0.05) is 18.2 Å². The zero-order chi connectivity index (χ0) is 12.6. The lowest BCUT2D eigenvalue weighted by molar-refractivity contribution is 0.0703. The van der Waals surface area contributed by atoms with Crippen molar-refractivity contribution < 1.29 is 18.3 Å². The van der Waals surface area contributed by atoms with Crippen LogP contribution in [0.3, 0.4) is 0 Å². The maximum atomic E-state index is 11.2. The second-order valence-electron chi connectivity index (χ2n) is 3.48. The summed E-state index contributed by atoms with van der Waals surface area (Å²) < 4.78 is 25.4. The lowest BCUT2D eigenvalue weighted by atomic mass is 10.2. The number of anilines is 1. The molecule has 0 aliphatic heterocycles. The Morgan fingerprint density at radius 2 is 2.00 bits per heavy atom. The number of benzene rings is 1. The van der Waals surface area contributed by atoms with Gasteiger partial charge in [0, 0.05) is 10.1 Å². The molecule has 0 aliphatic rings. The SMILES string of the molecule is CS(=O)(=O)Nc1c(C(=O)O)sc2ccccc12. The molecule has 2 N–H and O–H groups in total. The number of aromatic carboxylic acids is 1. The summed E-state index contributed by atoms with van der Waals surface area (Å²) in [4.78, 5) is 11.0. The second-order valence-corrected chi connectivity index (χ2v) is 6.28. The topological polar surface area (TPSA) is 83.5 Å². The van der Waals surface area contributed by atoms with Crippen molar-refractivity contribution in [2.75, 3.05) is 11.0 Å². The Bertz CT molecular complexity index is 687. The highest BCUT2D eigenvalue weighted by atomic mass is 32.2. The van der Waals surface area contributed by atoms with Crippen LogP contribution < -0.4 is 4.72 Å². The van der Waals surface area contributed by atoms with Crippen molar-refractivity contribution in [1.82, 2.24) is 0 Å². The van der Waals surface area contributed by atoms with Crippen LogP contribution in [-0.4, -0.2) is 25.7 Å². The molecule has 0 unspecified atom stereocenters. The molecule has 0 amide bonds. The number of rotatable bonds is 3. The highest BCUT2D eigenvalue weighted by Crippen LogP contribution is 2.36. The molecule has 2 aromatic rings. The molecule has 7 heteroatoms. The lowest BCUT2D eigenvalue weighted by Crippen LogP contribution is -2.11. The van der Waals surface area contributed by atoms with Gasteiger partial charge in [0.05, 0.1) is 11.9 Å². The van der Waals surface area contributed by atoms with Gasteiger partial charge in [-0.05, 0) is 6.07 Å². The summed E-state index contributed by atoms with van der Waals surface area (Å²) in [5.74, 6) is -1.14. The first kappa shape index (κ1) is 11.9. The molecule has 0 radical (unpaired) electrons. The molecule has 0 bridgehead atoms. The van der Waals surface area contributed by atoms with E-state index in [1.165, 1.54) is 0 Å². The van der Waals surface area contributed by atoms with E-state index in [4.69, 9.17) is 5.11 Å². The Morgan fingerprint density at radius 1 is 1.35 bits per heavy atom. The standard InChI is InChI=1S/C10H9NO4S2/c1-17(14,15)11-8-6-4-2-3-5-7(6)16-9(8)10(12)13/h2-5,11H,1H3,(H,12,13). The smallest absolute Gasteiger partial charge is 0.348 e. The van der Waals surface area contributed by atoms with Crippen LogP contribution in [0.2, 0.25) is 0 Å². The van der Waals surface area contributed by atoms with Crippen molar-refractivity contribution in [1.29, 1.82) is 0 Å². The van der Waals surface area contributed by atoms with Gasteiger partial charge in [-0.2, -0.15) is 0 Å². The average molecular weight is 271 g/mol. The molecule has 0 saturated carbocycles. The Labute approximate surface area is 102 Å². The highest BCUT2D eigenvalue weighted by molar-refractivity contribution is 7.92. The predicted octanol–water partition coefficient (Wildman–Crippen LogP) is 1.97. The molecular formula is C10H9NO4S2. The molecule has 0 atom stereocenters. The predicted molar refractivity (Wildman–Crippen MR) is 67.3 cm³/mol. The number of sulfonamides is 1. The van der Waals surface area contributed by atoms with Gasteiger partial charge in [0.1, 0.15) is 4.88 Å². The minimum Gasteiger partial charge on any atom is -0.477 e. The number of carboxylic acids is 1. The molecule has 1 heterocycles. The van der Waals surface area contributed by atoms with E-state index in [-0.39, 0.29) is 10.6 Å². The van der Waals surface area contributed by atoms with Crippen LogP contribution >= 0.6 is 11.3 Å². The van der Waals surface area contributed by atoms with E-state index >= 15 is 0 Å². The molecule has 5 nitrogen and oxygen atoms in total. The molecule has 1 aromatic carbocycles. The Balaban J connectivity index is 2.72. The highest BCUT2D eigenvalue weighted by Gasteiger charge is 2.19. The summed E-state index contributed by atoms with van der Waals surface area (Å²) in [6.45, 7) is 0. The molecule has 0 fully saturated rings. The Hall–Kier alpha value is -1.60. The van der Waals surface area contributed by atoms with Crippen LogP contribution in [0.4, 0.5) is 5.69 Å². The molecule has 2 rings (SSSR count). The van der Waals surface area contributed by atoms with Gasteiger partial charge < -0.3 is 5.11 Å². The van der Waals surface area contributed by atoms with Crippen molar-refractivity contribution in [2.24, 2.45) is 0 Å². The maximum Gasteiger partial charge on any atom is 0.348 e. The molecular weight excluding hydrogens is 262 g/mol. The number of nitrogens with one attached hydrogen (secondary N) is 1. The first-order valence-electron chi connectivity index (χ1n) is 4.61. The fourth-order valence-corrected chi connectivity index (χ4v) is 3.13. The summed E-state index contributed by atoms with van der Waals surface area (Å²) in [5, 5.41) is 9.64. The van der Waals surface area contributed by atoms with Gasteiger partial charge in [-0.15, -0.1) is 11.3 Å². The van der Waals surface area contributed by atoms with E-state index in [9.17, 15) is 13.2 Å². The number of thiophene rings is 1. The summed E-state index contributed by atoms with van der Waals surface area (Å²) in [7, 11) is -3.50. The van der Waals surface area contributed by atoms with Crippen molar-refractivity contribution in [2.45, 2.75) is 0 Å². The lowest BCUT2D eigenvalue weighted by Gasteiger charge is -2.03. The van der Waals surface area contributed by atoms with Crippen LogP contribution in [-0.2, 0) is 10.0 Å². The molecule has 1 aromatic heterocycles. The molecule has 0 saturated heterocycles. The van der Waals surface area contributed by atoms with Gasteiger partial charge >= 0.3 is 5.97 Å². The van der Waals surface area contributed by atoms with E-state index in [0.29, 0.717) is 5.39 Å². The fourth-order valence-electron chi connectivity index (χ4n) is 1.48. The quantitative estimate of drug-likeness (QED) is 0.894. The number of carboxylic acid groups (broad SMARTS) is 1. The number of carbonyl (C=O) groups is 1. The first-order chi connectivity index (χ1) is 7.88. The Morgan fingerprint density at radius 3 is 2.59 bits per heavy atom. The molecule has 0 spiro atoms. The summed E-state index contributed by atoms with van der Waals surface area (Å²) in [6.07, 6.45) is 0.991. The average Bonchev–Trinajstić information content (AvgIpc) is 2.55. The number of fused-ring (bicyclic) bond motifs is 1. The summed E-state index contributed by atoms with van der Waals surface area (Å²) in [6, 6.07) is 6.94. The Kier molecular flexibility index (Phi) is 2.80. The van der Waals surface area contributed by atoms with Crippen LogP contribution in [0.5, 0.6) is 0 Å². The van der Waals surface area contributed by atoms with E-state index in [0.717, 1.165) is 22.3 Å². The third kappa shape index (κ3) is 2.40. The van der Waals surface area contributed by atoms with Crippen LogP contribution in [0, 0.1) is 0 Å². The van der Waals surface area contributed by atoms with Crippen LogP contribution in [0.25, 0.3) is 10.1 Å². The van der Waals surface area contributed by atoms with Gasteiger partial charge in [-0.25, -0.2) is 13.2 Å². The largest absolute Gasteiger partial charge is 0.477 e. The zero-order valence-electron chi connectivity index (χ0n) is 8.80. The summed E-state index contributed by atoms with van der Waals surface area (Å²) in [5.41, 5.74) is 0.139. The van der Waals surface area contributed by atoms with Gasteiger partial charge in [-0.3, -0.25) is 4.72 Å². The number of hydrogen-bond acceptors (Lipinski definition) is 4. The summed E-state index contributed by atoms with van der Waals surface area (Å²) >= 11 is 1.05. The van der Waals surface area contributed by atoms with E-state index in [2.05, 4.69) is 4.72 Å². The first-order valence-corrected chi connectivity index (χ1v) is 7.32. The zero-order valence-corrected chi connectivity index (χ0v) is 10.4. The molecule has 90 valence electrons. The minimum absolute atomic E-state index is 0.00312. The fraction of sp³-hybridized carbons (Fsp3) is 0.100. The molecule has 17 heavy (non-hydrogen) atoms. The van der Waals surface area contributed by atoms with Crippen molar-refractivity contribution in [3.8, 4) is 0 Å². The van der Waals surface area contributed by atoms with E-state index < -0.39 is 16.0 Å². The third-order valence-electron chi connectivity index (χ3n) is 2.08. The van der Waals surface area contributed by atoms with Crippen LogP contribution in [0.1, 0.15) is 9.67 Å². The number of hydrogen-bond donors (Lipinski definition) is 2. The van der Waals surface area contributed by atoms with Gasteiger partial charge in [0.15, 0.2) is 0 Å². The van der Waals surface area contributed by atoms with E-state index in [1.54, 1.807) is 24.3 Å². The second kappa shape index (κ2) is 4.01. The maximum absolute atomic E-state index is 11.2.